The molecule has 7 rings (SSSR count). The number of aryl methyl sites for hydroxylation is 1. The molecule has 0 spiro atoms. The molecule has 11 heteroatoms. The van der Waals surface area contributed by atoms with Gasteiger partial charge < -0.3 is 5.21 Å². The molecule has 1 saturated carbocycles. The molecular weight excluding hydrogens is 495 g/mol. The fraction of sp³-hybridized carbons (Fsp3) is 0.231. The largest absolute Gasteiger partial charge is 0.618 e. The Kier molecular flexibility index (Phi) is 5.03. The van der Waals surface area contributed by atoms with E-state index >= 15 is 4.39 Å². The maximum atomic E-state index is 15.3. The number of nitrogens with zero attached hydrogens (tertiary/aromatic N) is 8. The molecule has 0 saturated heterocycles. The summed E-state index contributed by atoms with van der Waals surface area (Å²) in [5, 5.41) is 29.1. The van der Waals surface area contributed by atoms with Gasteiger partial charge in [0.1, 0.15) is 12.4 Å². The van der Waals surface area contributed by atoms with Crippen molar-refractivity contribution < 1.29 is 9.12 Å². The van der Waals surface area contributed by atoms with E-state index in [1.165, 1.54) is 36.1 Å². The highest BCUT2D eigenvalue weighted by Crippen LogP contribution is 2.41. The van der Waals surface area contributed by atoms with Crippen LogP contribution >= 0.6 is 11.6 Å². The third kappa shape index (κ3) is 3.75. The number of hydrogen-bond donors (Lipinski definition) is 0. The van der Waals surface area contributed by atoms with E-state index in [1.807, 2.05) is 35.4 Å². The van der Waals surface area contributed by atoms with Crippen molar-refractivity contribution in [3.05, 3.63) is 94.4 Å². The minimum atomic E-state index is -0.635. The van der Waals surface area contributed by atoms with Crippen LogP contribution in [0.5, 0.6) is 0 Å². The lowest BCUT2D eigenvalue weighted by Gasteiger charge is -2.15. The van der Waals surface area contributed by atoms with Crippen LogP contribution in [0.4, 0.5) is 4.39 Å². The molecular formula is C26H20ClFN8O. The summed E-state index contributed by atoms with van der Waals surface area (Å²) in [6.07, 6.45) is 12.2. The summed E-state index contributed by atoms with van der Waals surface area (Å²) < 4.78 is 19.3. The van der Waals surface area contributed by atoms with Gasteiger partial charge in [-0.15, -0.1) is 5.10 Å². The van der Waals surface area contributed by atoms with Crippen LogP contribution in [0.15, 0.2) is 61.4 Å². The van der Waals surface area contributed by atoms with Gasteiger partial charge >= 0.3 is 0 Å². The zero-order chi connectivity index (χ0) is 25.1. The van der Waals surface area contributed by atoms with Gasteiger partial charge in [0.05, 0.1) is 28.0 Å². The lowest BCUT2D eigenvalue weighted by Crippen LogP contribution is -2.34. The first-order valence-electron chi connectivity index (χ1n) is 12.0. The van der Waals surface area contributed by atoms with Gasteiger partial charge in [-0.3, -0.25) is 9.67 Å². The second-order valence-electron chi connectivity index (χ2n) is 9.48. The first kappa shape index (κ1) is 22.1. The Morgan fingerprint density at radius 1 is 1.08 bits per heavy atom. The average Bonchev–Trinajstić information content (AvgIpc) is 3.26. The minimum Gasteiger partial charge on any atom is -0.618 e. The highest BCUT2D eigenvalue weighted by atomic mass is 35.5. The van der Waals surface area contributed by atoms with Gasteiger partial charge in [0.25, 0.3) is 0 Å². The predicted octanol–water partition coefficient (Wildman–Crippen LogP) is 4.43. The highest BCUT2D eigenvalue weighted by molar-refractivity contribution is 6.31. The second-order valence-corrected chi connectivity index (χ2v) is 9.89. The third-order valence-electron chi connectivity index (χ3n) is 7.14. The molecule has 1 fully saturated rings. The smallest absolute Gasteiger partial charge is 0.220 e. The number of benzene rings is 1. The predicted molar refractivity (Wildman–Crippen MR) is 132 cm³/mol. The van der Waals surface area contributed by atoms with Crippen molar-refractivity contribution in [2.24, 2.45) is 0 Å². The number of pyridine rings is 2. The second kappa shape index (κ2) is 8.45. The van der Waals surface area contributed by atoms with Crippen molar-refractivity contribution in [3.63, 3.8) is 0 Å². The van der Waals surface area contributed by atoms with E-state index in [2.05, 4.69) is 31.7 Å². The molecule has 37 heavy (non-hydrogen) atoms. The van der Waals surface area contributed by atoms with E-state index in [0.29, 0.717) is 35.7 Å². The lowest BCUT2D eigenvalue weighted by atomic mass is 10.0. The Balaban J connectivity index is 1.26. The Labute approximate surface area is 215 Å². The fourth-order valence-corrected chi connectivity index (χ4v) is 5.34. The van der Waals surface area contributed by atoms with E-state index in [1.54, 1.807) is 6.07 Å². The Hall–Kier alpha value is -4.18. The van der Waals surface area contributed by atoms with E-state index in [4.69, 9.17) is 11.6 Å². The normalized spacial score (nSPS) is 16.8. The topological polar surface area (TPSA) is 101 Å². The molecule has 0 bridgehead atoms. The summed E-state index contributed by atoms with van der Waals surface area (Å²) in [5.74, 6) is -0.0696. The standard InChI is InChI=1S/C26H20ClFN8O/c27-20-4-6-22(35-14-30-32-33-35)24(25(20)28)18-9-17-3-5-23(26(17)36(37)13-18)34-12-19(11-31-34)16-7-8-29-21(10-16)15-1-2-15/h4,6-15,23H,1-3,5H2. The Morgan fingerprint density at radius 2 is 1.97 bits per heavy atom. The van der Waals surface area contributed by atoms with E-state index < -0.39 is 5.82 Å². The zero-order valence-electron chi connectivity index (χ0n) is 19.5. The quantitative estimate of drug-likeness (QED) is 0.254. The number of hydrogen-bond acceptors (Lipinski definition) is 6. The van der Waals surface area contributed by atoms with E-state index in [-0.39, 0.29) is 16.6 Å². The van der Waals surface area contributed by atoms with E-state index in [0.717, 1.165) is 27.1 Å². The van der Waals surface area contributed by atoms with Crippen molar-refractivity contribution in [3.8, 4) is 27.9 Å². The van der Waals surface area contributed by atoms with Crippen LogP contribution in [0.25, 0.3) is 27.9 Å². The number of halogens is 2. The lowest BCUT2D eigenvalue weighted by molar-refractivity contribution is -0.615. The Morgan fingerprint density at radius 3 is 2.78 bits per heavy atom. The average molecular weight is 515 g/mol. The van der Waals surface area contributed by atoms with Crippen LogP contribution in [0.2, 0.25) is 5.02 Å². The van der Waals surface area contributed by atoms with Crippen molar-refractivity contribution >= 4 is 11.6 Å². The number of tetrazole rings is 1. The molecule has 4 heterocycles. The van der Waals surface area contributed by atoms with Gasteiger partial charge in [0.15, 0.2) is 12.0 Å². The van der Waals surface area contributed by atoms with Crippen LogP contribution in [-0.2, 0) is 6.42 Å². The number of aromatic nitrogens is 8. The summed E-state index contributed by atoms with van der Waals surface area (Å²) in [4.78, 5) is 4.50. The molecule has 0 radical (unpaired) electrons. The molecule has 1 unspecified atom stereocenters. The SMILES string of the molecule is [O-][n+]1cc(-c2c(-n3cnnn3)ccc(Cl)c2F)cc2c1C(n1cc(-c3ccnc(C4CC4)c3)cn1)CC2. The van der Waals surface area contributed by atoms with Crippen molar-refractivity contribution in [1.29, 1.82) is 0 Å². The van der Waals surface area contributed by atoms with Gasteiger partial charge in [0.2, 0.25) is 5.69 Å². The number of fused-ring (bicyclic) bond motifs is 1. The van der Waals surface area contributed by atoms with Crippen LogP contribution in [-0.4, -0.2) is 35.0 Å². The van der Waals surface area contributed by atoms with Crippen molar-refractivity contribution in [2.45, 2.75) is 37.6 Å². The van der Waals surface area contributed by atoms with Crippen LogP contribution in [0.1, 0.15) is 48.2 Å². The third-order valence-corrected chi connectivity index (χ3v) is 7.44. The minimum absolute atomic E-state index is 0.0485. The molecule has 184 valence electrons. The van der Waals surface area contributed by atoms with Crippen LogP contribution in [0.3, 0.4) is 0 Å². The van der Waals surface area contributed by atoms with Gasteiger partial charge in [-0.1, -0.05) is 11.6 Å². The molecule has 9 nitrogen and oxygen atoms in total. The van der Waals surface area contributed by atoms with Crippen LogP contribution < -0.4 is 4.73 Å². The first-order chi connectivity index (χ1) is 18.1. The number of rotatable bonds is 5. The monoisotopic (exact) mass is 514 g/mol. The summed E-state index contributed by atoms with van der Waals surface area (Å²) >= 11 is 6.10. The van der Waals surface area contributed by atoms with Crippen molar-refractivity contribution in [2.75, 3.05) is 0 Å². The molecule has 2 aliphatic carbocycles. The molecule has 0 aliphatic heterocycles. The van der Waals surface area contributed by atoms with Crippen molar-refractivity contribution in [1.82, 2.24) is 35.0 Å². The Bertz CT molecular complexity index is 1650. The maximum Gasteiger partial charge on any atom is 0.220 e. The van der Waals surface area contributed by atoms with Crippen LogP contribution in [0, 0.1) is 11.0 Å². The molecule has 5 aromatic rings. The van der Waals surface area contributed by atoms with Gasteiger partial charge in [-0.25, -0.2) is 4.39 Å². The fourth-order valence-electron chi connectivity index (χ4n) is 5.19. The molecule has 4 aromatic heterocycles. The summed E-state index contributed by atoms with van der Waals surface area (Å²) in [5.41, 5.74) is 5.59. The zero-order valence-corrected chi connectivity index (χ0v) is 20.3. The molecule has 0 N–H and O–H groups in total. The summed E-state index contributed by atoms with van der Waals surface area (Å²) in [6, 6.07) is 8.81. The van der Waals surface area contributed by atoms with Gasteiger partial charge in [-0.05, 0) is 72.0 Å². The summed E-state index contributed by atoms with van der Waals surface area (Å²) in [6.45, 7) is 0. The summed E-state index contributed by atoms with van der Waals surface area (Å²) in [7, 11) is 0. The van der Waals surface area contributed by atoms with E-state index in [9.17, 15) is 5.21 Å². The molecule has 0 amide bonds. The first-order valence-corrected chi connectivity index (χ1v) is 12.4. The van der Waals surface area contributed by atoms with Gasteiger partial charge in [-0.2, -0.15) is 14.5 Å². The molecule has 1 atom stereocenters. The maximum absolute atomic E-state index is 15.3. The molecule has 1 aromatic carbocycles. The highest BCUT2D eigenvalue weighted by Gasteiger charge is 2.34. The van der Waals surface area contributed by atoms with Gasteiger partial charge in [0, 0.05) is 35.1 Å². The molecule has 2 aliphatic rings.